The maximum absolute atomic E-state index is 13.6. The highest BCUT2D eigenvalue weighted by Gasteiger charge is 2.30. The van der Waals surface area contributed by atoms with Gasteiger partial charge in [0.25, 0.3) is 0 Å². The number of anilines is 1. The van der Waals surface area contributed by atoms with Crippen LogP contribution in [0.5, 0.6) is 5.75 Å². The molecule has 0 bridgehead atoms. The van der Waals surface area contributed by atoms with Crippen LogP contribution in [0.1, 0.15) is 65.0 Å². The van der Waals surface area contributed by atoms with E-state index < -0.39 is 21.6 Å². The fourth-order valence-electron chi connectivity index (χ4n) is 4.24. The summed E-state index contributed by atoms with van der Waals surface area (Å²) in [7, 11) is -1.96. The number of hydrogen-bond donors (Lipinski definition) is 1. The number of aryl methyl sites for hydroxylation is 1. The van der Waals surface area contributed by atoms with E-state index in [1.807, 2.05) is 71.0 Å². The topological polar surface area (TPSA) is 96.0 Å². The molecule has 0 aromatic heterocycles. The Morgan fingerprint density at radius 1 is 1.03 bits per heavy atom. The SMILES string of the molecule is CCc1ccc(N(CCCC(=O)N(Cc2cccc(OC)c2)C(CC)C(=O)NC(C)(C)C)S(C)(=O)=O)cc1. The summed E-state index contributed by atoms with van der Waals surface area (Å²) in [6, 6.07) is 14.2. The number of rotatable bonds is 13. The lowest BCUT2D eigenvalue weighted by atomic mass is 10.0. The van der Waals surface area contributed by atoms with Crippen molar-refractivity contribution in [3.8, 4) is 5.75 Å². The number of sulfonamides is 1. The molecule has 0 heterocycles. The van der Waals surface area contributed by atoms with Crippen molar-refractivity contribution in [3.05, 3.63) is 59.7 Å². The Kier molecular flexibility index (Phi) is 11.2. The van der Waals surface area contributed by atoms with Crippen LogP contribution in [0.2, 0.25) is 0 Å². The summed E-state index contributed by atoms with van der Waals surface area (Å²) >= 11 is 0. The number of ether oxygens (including phenoxy) is 1. The van der Waals surface area contributed by atoms with Gasteiger partial charge in [0.2, 0.25) is 21.8 Å². The Labute approximate surface area is 228 Å². The van der Waals surface area contributed by atoms with Gasteiger partial charge in [-0.2, -0.15) is 0 Å². The maximum Gasteiger partial charge on any atom is 0.243 e. The Morgan fingerprint density at radius 3 is 2.21 bits per heavy atom. The van der Waals surface area contributed by atoms with Crippen molar-refractivity contribution in [2.24, 2.45) is 0 Å². The first-order valence-electron chi connectivity index (χ1n) is 13.1. The highest BCUT2D eigenvalue weighted by molar-refractivity contribution is 7.92. The number of amides is 2. The van der Waals surface area contributed by atoms with Crippen LogP contribution in [0.3, 0.4) is 0 Å². The number of nitrogens with zero attached hydrogens (tertiary/aromatic N) is 2. The molecule has 0 saturated carbocycles. The summed E-state index contributed by atoms with van der Waals surface area (Å²) in [6.45, 7) is 10.0. The molecule has 0 aliphatic heterocycles. The van der Waals surface area contributed by atoms with Crippen LogP contribution in [-0.2, 0) is 32.6 Å². The van der Waals surface area contributed by atoms with Crippen LogP contribution in [0.4, 0.5) is 5.69 Å². The number of benzene rings is 2. The zero-order valence-corrected chi connectivity index (χ0v) is 24.6. The van der Waals surface area contributed by atoms with Gasteiger partial charge in [0.1, 0.15) is 11.8 Å². The third-order valence-electron chi connectivity index (χ3n) is 6.16. The zero-order chi connectivity index (χ0) is 28.5. The molecule has 2 rings (SSSR count). The van der Waals surface area contributed by atoms with Gasteiger partial charge in [-0.1, -0.05) is 38.1 Å². The number of methoxy groups -OCH3 is 1. The second-order valence-electron chi connectivity index (χ2n) is 10.5. The second kappa shape index (κ2) is 13.6. The standard InChI is InChI=1S/C29H43N3O5S/c1-8-22-15-17-24(18-16-22)32(38(7,35)36)19-11-14-27(33)31(21-23-12-10-13-25(20-23)37-6)26(9-2)28(34)30-29(3,4)5/h10,12-13,15-18,20,26H,8-9,11,14,19,21H2,1-7H3,(H,30,34). The minimum atomic E-state index is -3.54. The number of hydrogen-bond acceptors (Lipinski definition) is 5. The average molecular weight is 546 g/mol. The van der Waals surface area contributed by atoms with Crippen molar-refractivity contribution in [2.45, 2.75) is 78.4 Å². The Bertz CT molecular complexity index is 1170. The average Bonchev–Trinajstić information content (AvgIpc) is 2.84. The largest absolute Gasteiger partial charge is 0.497 e. The van der Waals surface area contributed by atoms with E-state index in [0.29, 0.717) is 24.3 Å². The van der Waals surface area contributed by atoms with Gasteiger partial charge in [-0.3, -0.25) is 13.9 Å². The summed E-state index contributed by atoms with van der Waals surface area (Å²) < 4.78 is 31.7. The molecule has 0 fully saturated rings. The van der Waals surface area contributed by atoms with E-state index >= 15 is 0 Å². The number of carbonyl (C=O) groups excluding carboxylic acids is 2. The first kappa shape index (κ1) is 31.1. The highest BCUT2D eigenvalue weighted by atomic mass is 32.2. The van der Waals surface area contributed by atoms with Gasteiger partial charge >= 0.3 is 0 Å². The van der Waals surface area contributed by atoms with Crippen molar-refractivity contribution in [2.75, 3.05) is 24.2 Å². The molecule has 0 radical (unpaired) electrons. The van der Waals surface area contributed by atoms with Crippen molar-refractivity contribution in [1.29, 1.82) is 0 Å². The molecule has 38 heavy (non-hydrogen) atoms. The molecule has 210 valence electrons. The number of nitrogens with one attached hydrogen (secondary N) is 1. The van der Waals surface area contributed by atoms with Crippen LogP contribution in [-0.4, -0.2) is 56.6 Å². The van der Waals surface area contributed by atoms with E-state index in [0.717, 1.165) is 17.5 Å². The van der Waals surface area contributed by atoms with Gasteiger partial charge in [0.15, 0.2) is 0 Å². The molecule has 0 spiro atoms. The normalized spacial score (nSPS) is 12.5. The molecule has 8 nitrogen and oxygen atoms in total. The molecule has 2 amide bonds. The van der Waals surface area contributed by atoms with Crippen LogP contribution in [0.25, 0.3) is 0 Å². The second-order valence-corrected chi connectivity index (χ2v) is 12.4. The Morgan fingerprint density at radius 2 is 1.68 bits per heavy atom. The van der Waals surface area contributed by atoms with Crippen LogP contribution in [0.15, 0.2) is 48.5 Å². The molecule has 0 saturated heterocycles. The van der Waals surface area contributed by atoms with Gasteiger partial charge in [0, 0.05) is 25.0 Å². The van der Waals surface area contributed by atoms with E-state index in [-0.39, 0.29) is 31.3 Å². The molecular weight excluding hydrogens is 502 g/mol. The predicted molar refractivity (Wildman–Crippen MR) is 153 cm³/mol. The molecule has 1 N–H and O–H groups in total. The van der Waals surface area contributed by atoms with Crippen LogP contribution >= 0.6 is 0 Å². The van der Waals surface area contributed by atoms with Gasteiger partial charge in [-0.05, 0) is 75.4 Å². The third-order valence-corrected chi connectivity index (χ3v) is 7.35. The molecule has 1 atom stereocenters. The summed E-state index contributed by atoms with van der Waals surface area (Å²) in [5.41, 5.74) is 2.08. The molecule has 9 heteroatoms. The van der Waals surface area contributed by atoms with Crippen LogP contribution in [0, 0.1) is 0 Å². The third kappa shape index (κ3) is 9.35. The van der Waals surface area contributed by atoms with E-state index in [4.69, 9.17) is 4.74 Å². The predicted octanol–water partition coefficient (Wildman–Crippen LogP) is 4.53. The van der Waals surface area contributed by atoms with E-state index in [2.05, 4.69) is 5.32 Å². The monoisotopic (exact) mass is 545 g/mol. The van der Waals surface area contributed by atoms with Crippen molar-refractivity contribution < 1.29 is 22.7 Å². The van der Waals surface area contributed by atoms with Crippen molar-refractivity contribution >= 4 is 27.5 Å². The molecule has 2 aromatic carbocycles. The van der Waals surface area contributed by atoms with E-state index in [9.17, 15) is 18.0 Å². The maximum atomic E-state index is 13.6. The minimum absolute atomic E-state index is 0.0995. The Balaban J connectivity index is 2.25. The molecule has 0 aliphatic rings. The van der Waals surface area contributed by atoms with Crippen molar-refractivity contribution in [3.63, 3.8) is 0 Å². The van der Waals surface area contributed by atoms with Gasteiger partial charge in [-0.15, -0.1) is 0 Å². The van der Waals surface area contributed by atoms with Gasteiger partial charge < -0.3 is 15.0 Å². The molecule has 1 unspecified atom stereocenters. The quantitative estimate of drug-likeness (QED) is 0.399. The lowest BCUT2D eigenvalue weighted by molar-refractivity contribution is -0.142. The first-order chi connectivity index (χ1) is 17.8. The summed E-state index contributed by atoms with van der Waals surface area (Å²) in [5.74, 6) is 0.239. The summed E-state index contributed by atoms with van der Waals surface area (Å²) in [4.78, 5) is 28.3. The number of carbonyl (C=O) groups is 2. The van der Waals surface area contributed by atoms with Crippen LogP contribution < -0.4 is 14.4 Å². The molecule has 2 aromatic rings. The van der Waals surface area contributed by atoms with Crippen molar-refractivity contribution in [1.82, 2.24) is 10.2 Å². The lowest BCUT2D eigenvalue weighted by Gasteiger charge is -2.33. The van der Waals surface area contributed by atoms with Gasteiger partial charge in [-0.25, -0.2) is 8.42 Å². The smallest absolute Gasteiger partial charge is 0.243 e. The summed E-state index contributed by atoms with van der Waals surface area (Å²) in [6.07, 6.45) is 2.88. The minimum Gasteiger partial charge on any atom is -0.497 e. The summed E-state index contributed by atoms with van der Waals surface area (Å²) in [5, 5.41) is 2.99. The first-order valence-corrected chi connectivity index (χ1v) is 14.9. The highest BCUT2D eigenvalue weighted by Crippen LogP contribution is 2.22. The Hall–Kier alpha value is -3.07. The fraction of sp³-hybridized carbons (Fsp3) is 0.517. The molecular formula is C29H43N3O5S. The van der Waals surface area contributed by atoms with E-state index in [1.165, 1.54) is 10.6 Å². The van der Waals surface area contributed by atoms with Gasteiger partial charge in [0.05, 0.1) is 19.1 Å². The lowest BCUT2D eigenvalue weighted by Crippen LogP contribution is -2.53. The zero-order valence-electron chi connectivity index (χ0n) is 23.8. The van der Waals surface area contributed by atoms with E-state index in [1.54, 1.807) is 24.1 Å². The fourth-order valence-corrected chi connectivity index (χ4v) is 5.21. The molecule has 0 aliphatic carbocycles.